The van der Waals surface area contributed by atoms with E-state index in [0.717, 1.165) is 51.6 Å². The Morgan fingerprint density at radius 3 is 3.21 bits per heavy atom. The van der Waals surface area contributed by atoms with Crippen molar-refractivity contribution < 1.29 is 13.9 Å². The number of aromatic nitrogens is 1. The Morgan fingerprint density at radius 1 is 1.54 bits per heavy atom. The van der Waals surface area contributed by atoms with Gasteiger partial charge in [-0.25, -0.2) is 14.4 Å². The summed E-state index contributed by atoms with van der Waals surface area (Å²) in [5.41, 5.74) is 0.295. The van der Waals surface area contributed by atoms with E-state index in [1.165, 1.54) is 12.3 Å². The normalized spacial score (nSPS) is 23.9. The molecule has 1 unspecified atom stereocenters. The van der Waals surface area contributed by atoms with Gasteiger partial charge in [-0.3, -0.25) is 0 Å². The summed E-state index contributed by atoms with van der Waals surface area (Å²) >= 11 is 0. The van der Waals surface area contributed by atoms with Gasteiger partial charge in [-0.2, -0.15) is 0 Å². The molecule has 7 heteroatoms. The van der Waals surface area contributed by atoms with Crippen LogP contribution in [0.5, 0.6) is 5.88 Å². The lowest BCUT2D eigenvalue weighted by molar-refractivity contribution is 0.156. The van der Waals surface area contributed by atoms with Crippen LogP contribution in [0.4, 0.5) is 4.39 Å². The number of guanidine groups is 1. The average molecular weight is 336 g/mol. The topological polar surface area (TPSA) is 59.0 Å². The molecule has 1 atom stereocenters. The van der Waals surface area contributed by atoms with Crippen LogP contribution in [0.1, 0.15) is 19.8 Å². The van der Waals surface area contributed by atoms with Crippen molar-refractivity contribution >= 4 is 5.96 Å². The molecule has 1 spiro atoms. The van der Waals surface area contributed by atoms with E-state index in [-0.39, 0.29) is 5.88 Å². The van der Waals surface area contributed by atoms with Gasteiger partial charge in [-0.15, -0.1) is 0 Å². The molecule has 0 bridgehead atoms. The molecule has 0 saturated carbocycles. The van der Waals surface area contributed by atoms with Crippen molar-refractivity contribution in [3.63, 3.8) is 0 Å². The molecule has 1 aromatic heterocycles. The summed E-state index contributed by atoms with van der Waals surface area (Å²) in [5, 5.41) is 3.33. The number of nitrogens with one attached hydrogen (secondary N) is 1. The van der Waals surface area contributed by atoms with Crippen LogP contribution in [0, 0.1) is 11.2 Å². The molecule has 0 radical (unpaired) electrons. The van der Waals surface area contributed by atoms with Gasteiger partial charge in [0.15, 0.2) is 11.8 Å². The molecule has 0 aromatic carbocycles. The molecule has 2 aliphatic heterocycles. The summed E-state index contributed by atoms with van der Waals surface area (Å²) < 4.78 is 24.4. The molecule has 3 rings (SSSR count). The second-order valence-electron chi connectivity index (χ2n) is 6.35. The second kappa shape index (κ2) is 7.79. The lowest BCUT2D eigenvalue weighted by atomic mass is 9.87. The molecule has 1 N–H and O–H groups in total. The van der Waals surface area contributed by atoms with Crippen molar-refractivity contribution in [2.24, 2.45) is 10.4 Å². The predicted molar refractivity (Wildman–Crippen MR) is 89.7 cm³/mol. The smallest absolute Gasteiger partial charge is 0.250 e. The van der Waals surface area contributed by atoms with E-state index in [1.807, 2.05) is 0 Å². The highest BCUT2D eigenvalue weighted by molar-refractivity contribution is 5.80. The van der Waals surface area contributed by atoms with E-state index in [9.17, 15) is 4.39 Å². The summed E-state index contributed by atoms with van der Waals surface area (Å²) in [6.45, 7) is 7.31. The van der Waals surface area contributed by atoms with Gasteiger partial charge in [0.1, 0.15) is 6.61 Å². The number of hydrogen-bond acceptors (Lipinski definition) is 4. The van der Waals surface area contributed by atoms with Crippen LogP contribution in [0.3, 0.4) is 0 Å². The predicted octanol–water partition coefficient (Wildman–Crippen LogP) is 1.68. The number of rotatable bonds is 5. The van der Waals surface area contributed by atoms with Gasteiger partial charge in [0.2, 0.25) is 5.88 Å². The maximum Gasteiger partial charge on any atom is 0.250 e. The highest BCUT2D eigenvalue weighted by Crippen LogP contribution is 2.38. The minimum atomic E-state index is -0.448. The number of ether oxygens (including phenoxy) is 2. The number of halogens is 1. The monoisotopic (exact) mass is 336 g/mol. The van der Waals surface area contributed by atoms with Crippen molar-refractivity contribution in [3.05, 3.63) is 24.1 Å². The van der Waals surface area contributed by atoms with Gasteiger partial charge in [0.05, 0.1) is 13.2 Å². The number of aliphatic imine (C=N–C) groups is 1. The van der Waals surface area contributed by atoms with Crippen molar-refractivity contribution in [2.45, 2.75) is 19.8 Å². The fourth-order valence-electron chi connectivity index (χ4n) is 3.28. The summed E-state index contributed by atoms with van der Waals surface area (Å²) in [4.78, 5) is 10.8. The van der Waals surface area contributed by atoms with E-state index in [0.29, 0.717) is 18.6 Å². The Bertz CT molecular complexity index is 575. The molecule has 6 nitrogen and oxygen atoms in total. The molecule has 2 saturated heterocycles. The van der Waals surface area contributed by atoms with Gasteiger partial charge in [-0.1, -0.05) is 0 Å². The number of nitrogens with zero attached hydrogens (tertiary/aromatic N) is 3. The lowest BCUT2D eigenvalue weighted by Crippen LogP contribution is -2.41. The summed E-state index contributed by atoms with van der Waals surface area (Å²) in [5.74, 6) is 0.475. The average Bonchev–Trinajstić information content (AvgIpc) is 3.22. The molecule has 0 aliphatic carbocycles. The second-order valence-corrected chi connectivity index (χ2v) is 6.35. The SMILES string of the molecule is CCNC(=NCCOc1ncccc1F)N1CCC2(CCOC2)C1. The third-order valence-electron chi connectivity index (χ3n) is 4.57. The summed E-state index contributed by atoms with van der Waals surface area (Å²) in [6.07, 6.45) is 3.79. The zero-order chi connectivity index (χ0) is 16.8. The zero-order valence-corrected chi connectivity index (χ0v) is 14.1. The van der Waals surface area contributed by atoms with Crippen LogP contribution in [0.25, 0.3) is 0 Å². The lowest BCUT2D eigenvalue weighted by Gasteiger charge is -2.24. The molecular weight excluding hydrogens is 311 g/mol. The molecule has 132 valence electrons. The van der Waals surface area contributed by atoms with Gasteiger partial charge in [0, 0.05) is 37.9 Å². The first-order valence-electron chi connectivity index (χ1n) is 8.57. The van der Waals surface area contributed by atoms with Crippen molar-refractivity contribution in [3.8, 4) is 5.88 Å². The zero-order valence-electron chi connectivity index (χ0n) is 14.1. The Balaban J connectivity index is 1.53. The fourth-order valence-corrected chi connectivity index (χ4v) is 3.28. The first kappa shape index (κ1) is 17.0. The van der Waals surface area contributed by atoms with Crippen LogP contribution in [0.15, 0.2) is 23.3 Å². The van der Waals surface area contributed by atoms with Crippen LogP contribution >= 0.6 is 0 Å². The van der Waals surface area contributed by atoms with E-state index < -0.39 is 5.82 Å². The largest absolute Gasteiger partial charge is 0.474 e. The molecular formula is C17H25FN4O2. The summed E-state index contributed by atoms with van der Waals surface area (Å²) in [7, 11) is 0. The third-order valence-corrected chi connectivity index (χ3v) is 4.57. The fraction of sp³-hybridized carbons (Fsp3) is 0.647. The van der Waals surface area contributed by atoms with E-state index in [4.69, 9.17) is 9.47 Å². The number of likely N-dealkylation sites (tertiary alicyclic amines) is 1. The highest BCUT2D eigenvalue weighted by atomic mass is 19.1. The minimum absolute atomic E-state index is 0.0286. The van der Waals surface area contributed by atoms with Crippen molar-refractivity contribution in [2.75, 3.05) is 46.0 Å². The third kappa shape index (κ3) is 3.95. The van der Waals surface area contributed by atoms with Crippen molar-refractivity contribution in [1.82, 2.24) is 15.2 Å². The van der Waals surface area contributed by atoms with Gasteiger partial charge < -0.3 is 19.7 Å². The van der Waals surface area contributed by atoms with Gasteiger partial charge in [0.25, 0.3) is 0 Å². The van der Waals surface area contributed by atoms with Crippen LogP contribution in [-0.2, 0) is 4.74 Å². The molecule has 0 amide bonds. The molecule has 1 aromatic rings. The van der Waals surface area contributed by atoms with Crippen LogP contribution in [0.2, 0.25) is 0 Å². The van der Waals surface area contributed by atoms with E-state index in [1.54, 1.807) is 6.07 Å². The molecule has 2 aliphatic rings. The van der Waals surface area contributed by atoms with Gasteiger partial charge >= 0.3 is 0 Å². The first-order chi connectivity index (χ1) is 11.7. The van der Waals surface area contributed by atoms with E-state index >= 15 is 0 Å². The minimum Gasteiger partial charge on any atom is -0.474 e. The number of pyridine rings is 1. The number of hydrogen-bond donors (Lipinski definition) is 1. The van der Waals surface area contributed by atoms with Crippen LogP contribution in [-0.4, -0.2) is 61.8 Å². The quantitative estimate of drug-likeness (QED) is 0.504. The molecule has 24 heavy (non-hydrogen) atoms. The van der Waals surface area contributed by atoms with Crippen molar-refractivity contribution in [1.29, 1.82) is 0 Å². The van der Waals surface area contributed by atoms with E-state index in [2.05, 4.69) is 27.1 Å². The van der Waals surface area contributed by atoms with Crippen LogP contribution < -0.4 is 10.1 Å². The first-order valence-corrected chi connectivity index (χ1v) is 8.57. The Kier molecular flexibility index (Phi) is 5.50. The molecule has 2 fully saturated rings. The highest BCUT2D eigenvalue weighted by Gasteiger charge is 2.42. The Hall–Kier alpha value is -1.89. The molecule has 3 heterocycles. The Morgan fingerprint density at radius 2 is 2.46 bits per heavy atom. The standard InChI is InChI=1S/C17H25FN4O2/c1-2-19-16(22-9-5-17(12-22)6-10-23-13-17)21-8-11-24-15-14(18)4-3-7-20-15/h3-4,7H,2,5-6,8-13H2,1H3,(H,19,21). The Labute approximate surface area is 142 Å². The van der Waals surface area contributed by atoms with Gasteiger partial charge in [-0.05, 0) is 31.9 Å². The summed E-state index contributed by atoms with van der Waals surface area (Å²) in [6, 6.07) is 2.88. The maximum absolute atomic E-state index is 13.5. The maximum atomic E-state index is 13.5.